The molecule has 0 spiro atoms. The van der Waals surface area contributed by atoms with Crippen LogP contribution < -0.4 is 29.6 Å². The Morgan fingerprint density at radius 3 is 2.14 bits per heavy atom. The molecule has 0 amide bonds. The van der Waals surface area contributed by atoms with Gasteiger partial charge >= 0.3 is 29.6 Å². The summed E-state index contributed by atoms with van der Waals surface area (Å²) in [5, 5.41) is 10.6. The standard InChI is InChI=1S/C13H9Cl3O4S.Na/c14-8-5-6-9(15)12(16)11(8)13(17)7-3-1-2-4-10(7)21(18,19)20;/h1-6,13,17H,(H,18,19,20);/q;+1/p-1. The van der Waals surface area contributed by atoms with Crippen molar-refractivity contribution in [3.05, 3.63) is 62.6 Å². The molecule has 0 bridgehead atoms. The van der Waals surface area contributed by atoms with Crippen LogP contribution in [0.1, 0.15) is 17.2 Å². The van der Waals surface area contributed by atoms with Crippen LogP contribution in [0.2, 0.25) is 15.1 Å². The van der Waals surface area contributed by atoms with Crippen molar-refractivity contribution in [2.75, 3.05) is 0 Å². The molecule has 0 saturated heterocycles. The second-order valence-electron chi connectivity index (χ2n) is 4.15. The Kier molecular flexibility index (Phi) is 7.20. The SMILES string of the molecule is O=S(=O)([O-])c1ccccc1C(O)c1c(Cl)ccc(Cl)c1Cl.[Na+]. The molecular formula is C13H8Cl3NaO4S. The molecule has 0 radical (unpaired) electrons. The second kappa shape index (κ2) is 7.83. The molecule has 0 saturated carbocycles. The Hall–Kier alpha value is 0.180. The zero-order valence-corrected chi connectivity index (χ0v) is 16.3. The van der Waals surface area contributed by atoms with Crippen LogP contribution in [0.3, 0.4) is 0 Å². The molecule has 2 aromatic rings. The Bertz CT molecular complexity index is 796. The number of hydrogen-bond acceptors (Lipinski definition) is 4. The minimum Gasteiger partial charge on any atom is -0.744 e. The molecule has 0 heterocycles. The largest absolute Gasteiger partial charge is 1.00 e. The fourth-order valence-corrected chi connectivity index (χ4v) is 3.34. The number of rotatable bonds is 3. The Morgan fingerprint density at radius 2 is 1.55 bits per heavy atom. The van der Waals surface area contributed by atoms with Crippen LogP contribution in [0.25, 0.3) is 0 Å². The molecule has 1 atom stereocenters. The first-order valence-electron chi connectivity index (χ1n) is 5.59. The summed E-state index contributed by atoms with van der Waals surface area (Å²) in [6.07, 6.45) is -1.50. The smallest absolute Gasteiger partial charge is 0.744 e. The maximum atomic E-state index is 11.3. The molecule has 1 unspecified atom stereocenters. The normalized spacial score (nSPS) is 12.6. The summed E-state index contributed by atoms with van der Waals surface area (Å²) in [4.78, 5) is -0.537. The van der Waals surface area contributed by atoms with Crippen molar-refractivity contribution in [2.45, 2.75) is 11.0 Å². The minimum absolute atomic E-state index is 0. The zero-order chi connectivity index (χ0) is 15.8. The molecule has 2 rings (SSSR count). The van der Waals surface area contributed by atoms with E-state index in [0.717, 1.165) is 6.07 Å². The van der Waals surface area contributed by atoms with E-state index in [0.29, 0.717) is 0 Å². The molecule has 9 heteroatoms. The first-order chi connectivity index (χ1) is 9.73. The molecule has 0 aliphatic heterocycles. The van der Waals surface area contributed by atoms with Crippen molar-refractivity contribution in [2.24, 2.45) is 0 Å². The van der Waals surface area contributed by atoms with Crippen molar-refractivity contribution in [1.29, 1.82) is 0 Å². The van der Waals surface area contributed by atoms with Crippen LogP contribution in [0.5, 0.6) is 0 Å². The number of aliphatic hydroxyl groups is 1. The molecule has 4 nitrogen and oxygen atoms in total. The van der Waals surface area contributed by atoms with Crippen LogP contribution in [-0.2, 0) is 10.1 Å². The van der Waals surface area contributed by atoms with Crippen molar-refractivity contribution < 1.29 is 47.6 Å². The van der Waals surface area contributed by atoms with Crippen molar-refractivity contribution >= 4 is 44.9 Å². The van der Waals surface area contributed by atoms with Crippen LogP contribution in [0.4, 0.5) is 0 Å². The van der Waals surface area contributed by atoms with Gasteiger partial charge in [0.05, 0.1) is 14.9 Å². The third-order valence-electron chi connectivity index (χ3n) is 2.84. The Morgan fingerprint density at radius 1 is 1.00 bits per heavy atom. The van der Waals surface area contributed by atoms with E-state index in [9.17, 15) is 18.1 Å². The number of hydrogen-bond donors (Lipinski definition) is 1. The number of aliphatic hydroxyl groups excluding tert-OH is 1. The van der Waals surface area contributed by atoms with E-state index in [4.69, 9.17) is 34.8 Å². The summed E-state index contributed by atoms with van der Waals surface area (Å²) in [6, 6.07) is 8.14. The van der Waals surface area contributed by atoms with Crippen LogP contribution in [0.15, 0.2) is 41.3 Å². The predicted molar refractivity (Wildman–Crippen MR) is 79.9 cm³/mol. The maximum Gasteiger partial charge on any atom is 1.00 e. The Balaban J connectivity index is 0.00000242. The number of benzene rings is 2. The van der Waals surface area contributed by atoms with Crippen LogP contribution in [-0.4, -0.2) is 18.1 Å². The molecular weight excluding hydrogens is 382 g/mol. The fraction of sp³-hybridized carbons (Fsp3) is 0.0769. The summed E-state index contributed by atoms with van der Waals surface area (Å²) >= 11 is 17.9. The first kappa shape index (κ1) is 20.2. The van der Waals surface area contributed by atoms with E-state index in [1.54, 1.807) is 0 Å². The van der Waals surface area contributed by atoms with Gasteiger partial charge in [-0.2, -0.15) is 0 Å². The van der Waals surface area contributed by atoms with Crippen LogP contribution >= 0.6 is 34.8 Å². The average Bonchev–Trinajstić information content (AvgIpc) is 2.42. The summed E-state index contributed by atoms with van der Waals surface area (Å²) in [6.45, 7) is 0. The van der Waals surface area contributed by atoms with Crippen molar-refractivity contribution in [3.8, 4) is 0 Å². The maximum absolute atomic E-state index is 11.3. The molecule has 112 valence electrons. The third-order valence-corrected chi connectivity index (χ3v) is 4.89. The summed E-state index contributed by atoms with van der Waals surface area (Å²) in [7, 11) is -4.75. The van der Waals surface area contributed by atoms with Crippen LogP contribution in [0, 0.1) is 0 Å². The van der Waals surface area contributed by atoms with E-state index >= 15 is 0 Å². The minimum atomic E-state index is -4.75. The van der Waals surface area contributed by atoms with E-state index in [1.165, 1.54) is 30.3 Å². The van der Waals surface area contributed by atoms with Gasteiger partial charge in [-0.15, -0.1) is 0 Å². The average molecular weight is 390 g/mol. The molecule has 0 fully saturated rings. The zero-order valence-electron chi connectivity index (χ0n) is 11.3. The quantitative estimate of drug-likeness (QED) is 0.475. The van der Waals surface area contributed by atoms with E-state index in [-0.39, 0.29) is 55.8 Å². The molecule has 0 aromatic heterocycles. The van der Waals surface area contributed by atoms with E-state index in [2.05, 4.69) is 0 Å². The van der Waals surface area contributed by atoms with Gasteiger partial charge in [0.15, 0.2) is 0 Å². The Labute approximate surface area is 165 Å². The van der Waals surface area contributed by atoms with Gasteiger partial charge in [-0.3, -0.25) is 0 Å². The van der Waals surface area contributed by atoms with E-state index in [1.807, 2.05) is 0 Å². The van der Waals surface area contributed by atoms with Gasteiger partial charge in [0.25, 0.3) is 0 Å². The van der Waals surface area contributed by atoms with Gasteiger partial charge in [-0.05, 0) is 18.2 Å². The summed E-state index contributed by atoms with van der Waals surface area (Å²) in [5.41, 5.74) is -0.0690. The molecule has 0 aliphatic carbocycles. The van der Waals surface area contributed by atoms with Gasteiger partial charge < -0.3 is 9.66 Å². The predicted octanol–water partition coefficient (Wildman–Crippen LogP) is 0.637. The summed E-state index contributed by atoms with van der Waals surface area (Å²) in [5.74, 6) is 0. The van der Waals surface area contributed by atoms with Crippen molar-refractivity contribution in [3.63, 3.8) is 0 Å². The monoisotopic (exact) mass is 388 g/mol. The topological polar surface area (TPSA) is 77.4 Å². The molecule has 1 N–H and O–H groups in total. The van der Waals surface area contributed by atoms with Crippen molar-refractivity contribution in [1.82, 2.24) is 0 Å². The second-order valence-corrected chi connectivity index (χ2v) is 6.69. The third kappa shape index (κ3) is 4.17. The van der Waals surface area contributed by atoms with Gasteiger partial charge in [-0.25, -0.2) is 8.42 Å². The number of halogens is 3. The van der Waals surface area contributed by atoms with Gasteiger partial charge in [0.2, 0.25) is 0 Å². The molecule has 2 aromatic carbocycles. The van der Waals surface area contributed by atoms with Gasteiger partial charge in [0.1, 0.15) is 16.2 Å². The molecule has 0 aliphatic rings. The van der Waals surface area contributed by atoms with E-state index < -0.39 is 21.1 Å². The van der Waals surface area contributed by atoms with Gasteiger partial charge in [0, 0.05) is 16.1 Å². The van der Waals surface area contributed by atoms with Gasteiger partial charge in [-0.1, -0.05) is 53.0 Å². The fourth-order valence-electron chi connectivity index (χ4n) is 1.88. The molecule has 22 heavy (non-hydrogen) atoms. The summed E-state index contributed by atoms with van der Waals surface area (Å²) < 4.78 is 33.8. The first-order valence-corrected chi connectivity index (χ1v) is 8.14.